The molecule has 1 aliphatic carbocycles. The molecular formula is C17H27ClN2O. The Morgan fingerprint density at radius 3 is 2.52 bits per heavy atom. The molecule has 1 amide bonds. The minimum Gasteiger partial charge on any atom is -0.355 e. The average molecular weight is 311 g/mol. The number of halogens is 1. The third-order valence-electron chi connectivity index (χ3n) is 4.21. The van der Waals surface area contributed by atoms with Crippen molar-refractivity contribution in [3.05, 3.63) is 35.9 Å². The zero-order chi connectivity index (χ0) is 14.2. The van der Waals surface area contributed by atoms with Gasteiger partial charge < -0.3 is 11.1 Å². The maximum Gasteiger partial charge on any atom is 0.237 e. The molecular weight excluding hydrogens is 284 g/mol. The van der Waals surface area contributed by atoms with Gasteiger partial charge in [-0.2, -0.15) is 0 Å². The fourth-order valence-electron chi connectivity index (χ4n) is 2.97. The van der Waals surface area contributed by atoms with Gasteiger partial charge in [0.05, 0.1) is 6.04 Å². The van der Waals surface area contributed by atoms with E-state index < -0.39 is 6.04 Å². The van der Waals surface area contributed by atoms with Crippen molar-refractivity contribution in [1.29, 1.82) is 0 Å². The van der Waals surface area contributed by atoms with Crippen molar-refractivity contribution in [2.75, 3.05) is 6.54 Å². The summed E-state index contributed by atoms with van der Waals surface area (Å²) in [4.78, 5) is 12.0. The van der Waals surface area contributed by atoms with E-state index in [2.05, 4.69) is 5.32 Å². The van der Waals surface area contributed by atoms with Gasteiger partial charge in [0.1, 0.15) is 0 Å². The number of hydrogen-bond acceptors (Lipinski definition) is 2. The zero-order valence-corrected chi connectivity index (χ0v) is 13.4. The standard InChI is InChI=1S/C17H26N2O.ClH/c18-16(13-15-9-5-2-6-10-15)17(20)19-12-11-14-7-3-1-4-8-14;/h2,5-6,9-10,14,16H,1,3-4,7-8,11-13,18H2,(H,19,20);1H/t16-;/m0./s1. The van der Waals surface area contributed by atoms with Crippen molar-refractivity contribution in [3.63, 3.8) is 0 Å². The quantitative estimate of drug-likeness (QED) is 0.848. The number of carbonyl (C=O) groups excluding carboxylic acids is 1. The van der Waals surface area contributed by atoms with E-state index in [1.54, 1.807) is 0 Å². The number of nitrogens with two attached hydrogens (primary N) is 1. The molecule has 1 saturated carbocycles. The molecule has 0 unspecified atom stereocenters. The molecule has 0 heterocycles. The molecule has 0 bridgehead atoms. The maximum absolute atomic E-state index is 12.0. The maximum atomic E-state index is 12.0. The Morgan fingerprint density at radius 2 is 1.86 bits per heavy atom. The smallest absolute Gasteiger partial charge is 0.237 e. The SMILES string of the molecule is Cl.N[C@@H](Cc1ccccc1)C(=O)NCCC1CCCCC1. The number of rotatable bonds is 6. The molecule has 0 spiro atoms. The van der Waals surface area contributed by atoms with Crippen LogP contribution < -0.4 is 11.1 Å². The van der Waals surface area contributed by atoms with Crippen molar-refractivity contribution in [2.24, 2.45) is 11.7 Å². The Balaban J connectivity index is 0.00000220. The van der Waals surface area contributed by atoms with Crippen LogP contribution in [0.3, 0.4) is 0 Å². The predicted octanol–water partition coefficient (Wildman–Crippen LogP) is 3.06. The molecule has 1 aliphatic rings. The van der Waals surface area contributed by atoms with Gasteiger partial charge in [-0.25, -0.2) is 0 Å². The van der Waals surface area contributed by atoms with Crippen LogP contribution in [0.4, 0.5) is 0 Å². The number of amides is 1. The highest BCUT2D eigenvalue weighted by atomic mass is 35.5. The highest BCUT2D eigenvalue weighted by Crippen LogP contribution is 2.25. The lowest BCUT2D eigenvalue weighted by Gasteiger charge is -2.21. The van der Waals surface area contributed by atoms with Crippen LogP contribution in [-0.4, -0.2) is 18.5 Å². The van der Waals surface area contributed by atoms with E-state index in [0.29, 0.717) is 6.42 Å². The molecule has 0 radical (unpaired) electrons. The number of nitrogens with one attached hydrogen (secondary N) is 1. The molecule has 2 rings (SSSR count). The van der Waals surface area contributed by atoms with Crippen LogP contribution in [0.2, 0.25) is 0 Å². The molecule has 118 valence electrons. The molecule has 1 aromatic carbocycles. The normalized spacial score (nSPS) is 16.8. The highest BCUT2D eigenvalue weighted by molar-refractivity contribution is 5.85. The van der Waals surface area contributed by atoms with Crippen molar-refractivity contribution >= 4 is 18.3 Å². The first-order chi connectivity index (χ1) is 9.75. The van der Waals surface area contributed by atoms with Crippen molar-refractivity contribution < 1.29 is 4.79 Å². The molecule has 0 aliphatic heterocycles. The van der Waals surface area contributed by atoms with E-state index in [1.165, 1.54) is 32.1 Å². The Hall–Kier alpha value is -1.06. The van der Waals surface area contributed by atoms with Crippen LogP contribution in [0.15, 0.2) is 30.3 Å². The average Bonchev–Trinajstić information content (AvgIpc) is 2.49. The summed E-state index contributed by atoms with van der Waals surface area (Å²) in [5.74, 6) is 0.777. The van der Waals surface area contributed by atoms with Crippen LogP contribution >= 0.6 is 12.4 Å². The molecule has 1 atom stereocenters. The zero-order valence-electron chi connectivity index (χ0n) is 12.6. The first-order valence-electron chi connectivity index (χ1n) is 7.83. The van der Waals surface area contributed by atoms with Crippen LogP contribution in [0.5, 0.6) is 0 Å². The molecule has 1 fully saturated rings. The summed E-state index contributed by atoms with van der Waals surface area (Å²) < 4.78 is 0. The fraction of sp³-hybridized carbons (Fsp3) is 0.588. The first-order valence-corrected chi connectivity index (χ1v) is 7.83. The van der Waals surface area contributed by atoms with Gasteiger partial charge in [0.15, 0.2) is 0 Å². The summed E-state index contributed by atoms with van der Waals surface area (Å²) in [5.41, 5.74) is 7.07. The van der Waals surface area contributed by atoms with E-state index in [1.807, 2.05) is 30.3 Å². The molecule has 0 aromatic heterocycles. The van der Waals surface area contributed by atoms with E-state index in [-0.39, 0.29) is 18.3 Å². The lowest BCUT2D eigenvalue weighted by atomic mass is 9.87. The van der Waals surface area contributed by atoms with E-state index in [0.717, 1.165) is 24.4 Å². The largest absolute Gasteiger partial charge is 0.355 e. The topological polar surface area (TPSA) is 55.1 Å². The van der Waals surface area contributed by atoms with E-state index in [4.69, 9.17) is 5.73 Å². The van der Waals surface area contributed by atoms with Crippen LogP contribution in [0, 0.1) is 5.92 Å². The van der Waals surface area contributed by atoms with Gasteiger partial charge in [-0.1, -0.05) is 62.4 Å². The van der Waals surface area contributed by atoms with Crippen molar-refractivity contribution in [3.8, 4) is 0 Å². The van der Waals surface area contributed by atoms with Crippen molar-refractivity contribution in [2.45, 2.75) is 51.0 Å². The molecule has 4 heteroatoms. The molecule has 1 aromatic rings. The second kappa shape index (κ2) is 9.80. The first kappa shape index (κ1) is 18.0. The lowest BCUT2D eigenvalue weighted by molar-refractivity contribution is -0.122. The van der Waals surface area contributed by atoms with E-state index in [9.17, 15) is 4.79 Å². The second-order valence-electron chi connectivity index (χ2n) is 5.88. The number of hydrogen-bond donors (Lipinski definition) is 2. The van der Waals surface area contributed by atoms with E-state index >= 15 is 0 Å². The fourth-order valence-corrected chi connectivity index (χ4v) is 2.97. The van der Waals surface area contributed by atoms with Crippen LogP contribution in [0.25, 0.3) is 0 Å². The van der Waals surface area contributed by atoms with Gasteiger partial charge in [0, 0.05) is 6.54 Å². The third kappa shape index (κ3) is 6.49. The van der Waals surface area contributed by atoms with Gasteiger partial charge >= 0.3 is 0 Å². The molecule has 3 N–H and O–H groups in total. The Kier molecular flexibility index (Phi) is 8.40. The minimum atomic E-state index is -0.441. The Bertz CT molecular complexity index is 405. The van der Waals surface area contributed by atoms with Gasteiger partial charge in [0.25, 0.3) is 0 Å². The van der Waals surface area contributed by atoms with Gasteiger partial charge in [-0.3, -0.25) is 4.79 Å². The molecule has 21 heavy (non-hydrogen) atoms. The summed E-state index contributed by atoms with van der Waals surface area (Å²) in [5, 5.41) is 2.99. The monoisotopic (exact) mass is 310 g/mol. The van der Waals surface area contributed by atoms with Gasteiger partial charge in [-0.05, 0) is 24.3 Å². The number of benzene rings is 1. The van der Waals surface area contributed by atoms with Gasteiger partial charge in [-0.15, -0.1) is 12.4 Å². The Morgan fingerprint density at radius 1 is 1.19 bits per heavy atom. The predicted molar refractivity (Wildman–Crippen MR) is 89.6 cm³/mol. The molecule has 0 saturated heterocycles. The summed E-state index contributed by atoms with van der Waals surface area (Å²) in [6.45, 7) is 0.770. The minimum absolute atomic E-state index is 0. The third-order valence-corrected chi connectivity index (χ3v) is 4.21. The summed E-state index contributed by atoms with van der Waals surface area (Å²) in [6, 6.07) is 9.50. The lowest BCUT2D eigenvalue weighted by Crippen LogP contribution is -2.42. The van der Waals surface area contributed by atoms with Gasteiger partial charge in [0.2, 0.25) is 5.91 Å². The second-order valence-corrected chi connectivity index (χ2v) is 5.88. The highest BCUT2D eigenvalue weighted by Gasteiger charge is 2.16. The van der Waals surface area contributed by atoms with Crippen LogP contribution in [-0.2, 0) is 11.2 Å². The van der Waals surface area contributed by atoms with Crippen LogP contribution in [0.1, 0.15) is 44.1 Å². The number of carbonyl (C=O) groups is 1. The Labute approximate surface area is 134 Å². The summed E-state index contributed by atoms with van der Waals surface area (Å²) in [6.07, 6.45) is 8.45. The molecule has 3 nitrogen and oxygen atoms in total. The van der Waals surface area contributed by atoms with Crippen molar-refractivity contribution in [1.82, 2.24) is 5.32 Å². The summed E-state index contributed by atoms with van der Waals surface area (Å²) >= 11 is 0. The summed E-state index contributed by atoms with van der Waals surface area (Å²) in [7, 11) is 0.